The number of methoxy groups -OCH3 is 1. The maximum atomic E-state index is 12.6. The number of hydrogen-bond donors (Lipinski definition) is 1. The van der Waals surface area contributed by atoms with Gasteiger partial charge in [-0.1, -0.05) is 0 Å². The zero-order valence-corrected chi connectivity index (χ0v) is 15.4. The SMILES string of the molecule is COc1ccc(C(=O)N2CCN(CCC(=O)Nc3cccnc3)CC2)cc1. The van der Waals surface area contributed by atoms with Gasteiger partial charge in [0.15, 0.2) is 0 Å². The van der Waals surface area contributed by atoms with E-state index in [1.54, 1.807) is 49.8 Å². The maximum absolute atomic E-state index is 12.6. The molecule has 3 rings (SSSR count). The van der Waals surface area contributed by atoms with Crippen molar-refractivity contribution in [2.45, 2.75) is 6.42 Å². The number of aromatic nitrogens is 1. The Morgan fingerprint density at radius 3 is 2.48 bits per heavy atom. The summed E-state index contributed by atoms with van der Waals surface area (Å²) in [5.41, 5.74) is 1.37. The van der Waals surface area contributed by atoms with Crippen LogP contribution in [-0.4, -0.2) is 66.4 Å². The summed E-state index contributed by atoms with van der Waals surface area (Å²) in [6, 6.07) is 10.8. The van der Waals surface area contributed by atoms with Crippen LogP contribution in [-0.2, 0) is 4.79 Å². The van der Waals surface area contributed by atoms with Gasteiger partial charge in [0.05, 0.1) is 19.0 Å². The molecule has 0 radical (unpaired) electrons. The van der Waals surface area contributed by atoms with E-state index in [2.05, 4.69) is 15.2 Å². The minimum atomic E-state index is -0.0280. The van der Waals surface area contributed by atoms with Crippen molar-refractivity contribution in [3.63, 3.8) is 0 Å². The number of nitrogens with zero attached hydrogens (tertiary/aromatic N) is 3. The lowest BCUT2D eigenvalue weighted by Gasteiger charge is -2.34. The summed E-state index contributed by atoms with van der Waals surface area (Å²) < 4.78 is 5.12. The number of pyridine rings is 1. The summed E-state index contributed by atoms with van der Waals surface area (Å²) in [6.45, 7) is 3.53. The largest absolute Gasteiger partial charge is 0.497 e. The van der Waals surface area contributed by atoms with Crippen molar-refractivity contribution in [3.8, 4) is 5.75 Å². The van der Waals surface area contributed by atoms with Crippen LogP contribution in [0.1, 0.15) is 16.8 Å². The summed E-state index contributed by atoms with van der Waals surface area (Å²) >= 11 is 0. The molecule has 0 aliphatic carbocycles. The number of hydrogen-bond acceptors (Lipinski definition) is 5. The van der Waals surface area contributed by atoms with Crippen LogP contribution in [0.25, 0.3) is 0 Å². The third kappa shape index (κ3) is 5.27. The van der Waals surface area contributed by atoms with E-state index in [0.29, 0.717) is 37.3 Å². The Labute approximate surface area is 158 Å². The van der Waals surface area contributed by atoms with E-state index in [1.807, 2.05) is 11.0 Å². The Morgan fingerprint density at radius 1 is 1.11 bits per heavy atom. The number of anilines is 1. The van der Waals surface area contributed by atoms with E-state index in [9.17, 15) is 9.59 Å². The van der Waals surface area contributed by atoms with Crippen LogP contribution in [0.3, 0.4) is 0 Å². The summed E-state index contributed by atoms with van der Waals surface area (Å²) in [5, 5.41) is 2.84. The molecule has 0 bridgehead atoms. The minimum Gasteiger partial charge on any atom is -0.497 e. The van der Waals surface area contributed by atoms with Crippen molar-refractivity contribution in [1.82, 2.24) is 14.8 Å². The van der Waals surface area contributed by atoms with E-state index < -0.39 is 0 Å². The second-order valence-corrected chi connectivity index (χ2v) is 6.40. The van der Waals surface area contributed by atoms with Crippen LogP contribution >= 0.6 is 0 Å². The standard InChI is InChI=1S/C20H24N4O3/c1-27-18-6-4-16(5-7-18)20(26)24-13-11-23(12-14-24)10-8-19(25)22-17-3-2-9-21-15-17/h2-7,9,15H,8,10-14H2,1H3,(H,22,25). The molecule has 27 heavy (non-hydrogen) atoms. The van der Waals surface area contributed by atoms with E-state index in [4.69, 9.17) is 4.74 Å². The summed E-state index contributed by atoms with van der Waals surface area (Å²) in [4.78, 5) is 32.6. The number of benzene rings is 1. The Bertz CT molecular complexity index is 757. The predicted octanol–water partition coefficient (Wildman–Crippen LogP) is 1.88. The lowest BCUT2D eigenvalue weighted by Crippen LogP contribution is -2.49. The number of amides is 2. The van der Waals surface area contributed by atoms with Crippen LogP contribution in [0.4, 0.5) is 5.69 Å². The van der Waals surface area contributed by atoms with Gasteiger partial charge in [-0.2, -0.15) is 0 Å². The number of nitrogens with one attached hydrogen (secondary N) is 1. The highest BCUT2D eigenvalue weighted by atomic mass is 16.5. The number of carbonyl (C=O) groups is 2. The zero-order valence-electron chi connectivity index (χ0n) is 15.4. The Balaban J connectivity index is 1.41. The van der Waals surface area contributed by atoms with Gasteiger partial charge < -0.3 is 15.0 Å². The first-order chi connectivity index (χ1) is 13.2. The van der Waals surface area contributed by atoms with Gasteiger partial charge in [-0.05, 0) is 36.4 Å². The molecule has 2 amide bonds. The lowest BCUT2D eigenvalue weighted by molar-refractivity contribution is -0.116. The number of ether oxygens (including phenoxy) is 1. The molecule has 7 nitrogen and oxygen atoms in total. The fourth-order valence-electron chi connectivity index (χ4n) is 3.01. The molecule has 1 aliphatic rings. The monoisotopic (exact) mass is 368 g/mol. The second-order valence-electron chi connectivity index (χ2n) is 6.40. The molecule has 1 fully saturated rings. The lowest BCUT2D eigenvalue weighted by atomic mass is 10.1. The maximum Gasteiger partial charge on any atom is 0.253 e. The molecule has 142 valence electrons. The van der Waals surface area contributed by atoms with Crippen LogP contribution in [0.5, 0.6) is 5.75 Å². The molecule has 7 heteroatoms. The first-order valence-electron chi connectivity index (χ1n) is 9.01. The van der Waals surface area contributed by atoms with Gasteiger partial charge in [-0.3, -0.25) is 19.5 Å². The van der Waals surface area contributed by atoms with Gasteiger partial charge in [0.25, 0.3) is 5.91 Å². The highest BCUT2D eigenvalue weighted by Gasteiger charge is 2.22. The Hall–Kier alpha value is -2.93. The van der Waals surface area contributed by atoms with Gasteiger partial charge in [-0.25, -0.2) is 0 Å². The van der Waals surface area contributed by atoms with Crippen LogP contribution < -0.4 is 10.1 Å². The molecule has 0 saturated carbocycles. The highest BCUT2D eigenvalue weighted by Crippen LogP contribution is 2.14. The van der Waals surface area contributed by atoms with Crippen LogP contribution in [0.2, 0.25) is 0 Å². The third-order valence-corrected chi connectivity index (χ3v) is 4.60. The number of piperazine rings is 1. The van der Waals surface area contributed by atoms with E-state index in [0.717, 1.165) is 18.8 Å². The average molecular weight is 368 g/mol. The quantitative estimate of drug-likeness (QED) is 0.843. The fourth-order valence-corrected chi connectivity index (χ4v) is 3.01. The molecular weight excluding hydrogens is 344 g/mol. The Morgan fingerprint density at radius 2 is 1.85 bits per heavy atom. The molecule has 2 aromatic rings. The molecule has 2 heterocycles. The molecule has 0 unspecified atom stereocenters. The summed E-state index contributed by atoms with van der Waals surface area (Å²) in [5.74, 6) is 0.743. The van der Waals surface area contributed by atoms with Gasteiger partial charge >= 0.3 is 0 Å². The van der Waals surface area contributed by atoms with E-state index in [1.165, 1.54) is 0 Å². The molecule has 0 atom stereocenters. The van der Waals surface area contributed by atoms with Crippen molar-refractivity contribution in [2.24, 2.45) is 0 Å². The summed E-state index contributed by atoms with van der Waals surface area (Å²) in [7, 11) is 1.60. The van der Waals surface area contributed by atoms with Crippen molar-refractivity contribution < 1.29 is 14.3 Å². The smallest absolute Gasteiger partial charge is 0.253 e. The highest BCUT2D eigenvalue weighted by molar-refractivity contribution is 5.94. The second kappa shape index (κ2) is 9.14. The fraction of sp³-hybridized carbons (Fsp3) is 0.350. The van der Waals surface area contributed by atoms with Crippen LogP contribution in [0.15, 0.2) is 48.8 Å². The van der Waals surface area contributed by atoms with Gasteiger partial charge in [0.2, 0.25) is 5.91 Å². The minimum absolute atomic E-state index is 0.0280. The molecule has 1 N–H and O–H groups in total. The first kappa shape index (κ1) is 18.8. The summed E-state index contributed by atoms with van der Waals surface area (Å²) in [6.07, 6.45) is 3.71. The predicted molar refractivity (Wildman–Crippen MR) is 103 cm³/mol. The third-order valence-electron chi connectivity index (χ3n) is 4.60. The Kier molecular flexibility index (Phi) is 6.38. The van der Waals surface area contributed by atoms with Crippen molar-refractivity contribution in [3.05, 3.63) is 54.4 Å². The average Bonchev–Trinajstić information content (AvgIpc) is 2.73. The molecule has 1 aliphatic heterocycles. The van der Waals surface area contributed by atoms with Gasteiger partial charge in [0, 0.05) is 50.9 Å². The van der Waals surface area contributed by atoms with E-state index >= 15 is 0 Å². The van der Waals surface area contributed by atoms with Crippen molar-refractivity contribution in [2.75, 3.05) is 45.2 Å². The van der Waals surface area contributed by atoms with Gasteiger partial charge in [-0.15, -0.1) is 0 Å². The molecule has 1 aromatic carbocycles. The molecule has 1 saturated heterocycles. The van der Waals surface area contributed by atoms with Crippen molar-refractivity contribution in [1.29, 1.82) is 0 Å². The van der Waals surface area contributed by atoms with E-state index in [-0.39, 0.29) is 11.8 Å². The van der Waals surface area contributed by atoms with Crippen LogP contribution in [0, 0.1) is 0 Å². The van der Waals surface area contributed by atoms with Gasteiger partial charge in [0.1, 0.15) is 5.75 Å². The molecule has 1 aromatic heterocycles. The number of carbonyl (C=O) groups excluding carboxylic acids is 2. The van der Waals surface area contributed by atoms with Crippen molar-refractivity contribution >= 4 is 17.5 Å². The zero-order chi connectivity index (χ0) is 19.1. The molecular formula is C20H24N4O3. The first-order valence-corrected chi connectivity index (χ1v) is 9.01. The topological polar surface area (TPSA) is 74.8 Å². The molecule has 0 spiro atoms. The normalized spacial score (nSPS) is 14.6. The number of rotatable bonds is 6.